The molecule has 0 saturated heterocycles. The first-order valence-corrected chi connectivity index (χ1v) is 26.0. The van der Waals surface area contributed by atoms with Crippen molar-refractivity contribution in [1.29, 1.82) is 0 Å². The number of hydrogen-bond acceptors (Lipinski definition) is 17. The number of carbonyl (C=O) groups excluding carboxylic acids is 8. The number of hydrogen-bond donors (Lipinski definition) is 3. The van der Waals surface area contributed by atoms with Crippen molar-refractivity contribution in [2.24, 2.45) is 0 Å². The Kier molecular flexibility index (Phi) is 26.6. The van der Waals surface area contributed by atoms with Crippen LogP contribution < -0.4 is 10.6 Å². The summed E-state index contributed by atoms with van der Waals surface area (Å²) in [6.45, 7) is 30.1. The minimum Gasteiger partial charge on any atom is -0.481 e. The van der Waals surface area contributed by atoms with Crippen LogP contribution in [0.5, 0.6) is 0 Å². The highest BCUT2D eigenvalue weighted by Crippen LogP contribution is 2.34. The van der Waals surface area contributed by atoms with Gasteiger partial charge in [-0.3, -0.25) is 53.3 Å². The Balaban J connectivity index is 7.33. The topological polar surface area (TPSA) is 296 Å². The van der Waals surface area contributed by atoms with Crippen LogP contribution in [-0.2, 0) is 71.6 Å². The summed E-state index contributed by atoms with van der Waals surface area (Å²) in [7, 11) is 0. The molecule has 0 spiro atoms. The van der Waals surface area contributed by atoms with Gasteiger partial charge in [-0.2, -0.15) is 0 Å². The lowest BCUT2D eigenvalue weighted by atomic mass is 9.81. The summed E-state index contributed by atoms with van der Waals surface area (Å²) in [5.74, 6) is -6.83. The second-order valence-corrected chi connectivity index (χ2v) is 25.6. The van der Waals surface area contributed by atoms with Crippen LogP contribution in [0.3, 0.4) is 0 Å². The van der Waals surface area contributed by atoms with E-state index in [9.17, 15) is 58.4 Å². The zero-order valence-corrected chi connectivity index (χ0v) is 48.6. The molecule has 2 amide bonds. The molecular weight excluding hydrogens is 979 g/mol. The molecule has 0 aliphatic rings. The molecule has 0 saturated carbocycles. The Morgan fingerprint density at radius 1 is 0.347 bits per heavy atom. The van der Waals surface area contributed by atoms with E-state index in [-0.39, 0.29) is 77.0 Å². The fourth-order valence-electron chi connectivity index (χ4n) is 7.93. The molecule has 0 aliphatic heterocycles. The molecule has 75 heavy (non-hydrogen) atoms. The van der Waals surface area contributed by atoms with E-state index in [1.54, 1.807) is 125 Å². The maximum Gasteiger partial charge on any atom is 0.306 e. The third-order valence-corrected chi connectivity index (χ3v) is 11.0. The van der Waals surface area contributed by atoms with Gasteiger partial charge in [-0.1, -0.05) is 0 Å². The van der Waals surface area contributed by atoms with Crippen LogP contribution in [0.4, 0.5) is 0 Å². The maximum absolute atomic E-state index is 14.3. The lowest BCUT2D eigenvalue weighted by Crippen LogP contribution is -2.51. The van der Waals surface area contributed by atoms with Gasteiger partial charge in [0.05, 0.1) is 6.42 Å². The molecule has 0 heterocycles. The minimum absolute atomic E-state index is 0.143. The number of carboxylic acid groups (broad SMARTS) is 1. The van der Waals surface area contributed by atoms with Crippen molar-refractivity contribution in [3.63, 3.8) is 0 Å². The van der Waals surface area contributed by atoms with Gasteiger partial charge < -0.3 is 44.2 Å². The van der Waals surface area contributed by atoms with Gasteiger partial charge in [0.1, 0.15) is 33.6 Å². The zero-order valence-electron chi connectivity index (χ0n) is 48.6. The first-order valence-electron chi connectivity index (χ1n) is 26.0. The van der Waals surface area contributed by atoms with E-state index in [2.05, 4.69) is 10.6 Å². The third kappa shape index (κ3) is 34.0. The van der Waals surface area contributed by atoms with Gasteiger partial charge in [-0.25, -0.2) is 0 Å². The molecular formula is C54H93N3O18. The van der Waals surface area contributed by atoms with Crippen LogP contribution in [0.1, 0.15) is 240 Å². The number of carboxylic acids is 1. The summed E-state index contributed by atoms with van der Waals surface area (Å²) >= 11 is 0. The van der Waals surface area contributed by atoms with Crippen LogP contribution >= 0.6 is 0 Å². The zero-order chi connectivity index (χ0) is 58.7. The number of esters is 6. The predicted octanol–water partition coefficient (Wildman–Crippen LogP) is 8.87. The van der Waals surface area contributed by atoms with Crippen LogP contribution in [0.2, 0.25) is 0 Å². The number of ether oxygens (including phenoxy) is 6. The lowest BCUT2D eigenvalue weighted by molar-refractivity contribution is -0.573. The Hall–Kier alpha value is -5.37. The molecule has 0 bridgehead atoms. The van der Waals surface area contributed by atoms with Crippen molar-refractivity contribution < 1.29 is 81.6 Å². The van der Waals surface area contributed by atoms with Gasteiger partial charge in [0.2, 0.25) is 17.4 Å². The standard InChI is InChI=1S/C54H93N3O18/c1-46(2,3)70-40(62)22-28-52(29-23-41(63)71-47(4,5)6,30-24-42(64)72-48(7,8)9)55-37(58)19-34-54(57(68)69,36-21-39(60)61)35-20-38(59)56-53(31-25-43(65)73-49(10,11)12,32-26-44(66)74-50(13,14)15)33-27-45(67)75-51(16,17)18/h19-36H2,1-18H3,(H,55,58)(H,56,59)(H,60,61). The first-order chi connectivity index (χ1) is 33.7. The van der Waals surface area contributed by atoms with Gasteiger partial charge in [0.25, 0.3) is 0 Å². The highest BCUT2D eigenvalue weighted by Gasteiger charge is 2.45. The molecule has 0 aliphatic carbocycles. The van der Waals surface area contributed by atoms with Gasteiger partial charge in [-0.15, -0.1) is 0 Å². The normalized spacial score (nSPS) is 12.9. The minimum atomic E-state index is -2.20. The fourth-order valence-corrected chi connectivity index (χ4v) is 7.93. The number of nitrogens with one attached hydrogen (secondary N) is 2. The van der Waals surface area contributed by atoms with Crippen LogP contribution in [0.25, 0.3) is 0 Å². The fraction of sp³-hybridized carbons (Fsp3) is 0.833. The van der Waals surface area contributed by atoms with E-state index in [0.717, 1.165) is 0 Å². The molecule has 0 aromatic carbocycles. The monoisotopic (exact) mass is 1070 g/mol. The van der Waals surface area contributed by atoms with Crippen LogP contribution in [0.15, 0.2) is 0 Å². The van der Waals surface area contributed by atoms with E-state index in [1.165, 1.54) is 0 Å². The van der Waals surface area contributed by atoms with E-state index >= 15 is 0 Å². The van der Waals surface area contributed by atoms with Crippen molar-refractivity contribution in [3.05, 3.63) is 10.1 Å². The molecule has 3 N–H and O–H groups in total. The molecule has 21 nitrogen and oxygen atoms in total. The summed E-state index contributed by atoms with van der Waals surface area (Å²) in [5.41, 5.74) is -10.4. The van der Waals surface area contributed by atoms with Gasteiger partial charge >= 0.3 is 41.8 Å². The summed E-state index contributed by atoms with van der Waals surface area (Å²) in [5, 5.41) is 28.7. The van der Waals surface area contributed by atoms with E-state index in [4.69, 9.17) is 28.4 Å². The smallest absolute Gasteiger partial charge is 0.306 e. The molecule has 21 heteroatoms. The first kappa shape index (κ1) is 69.6. The van der Waals surface area contributed by atoms with Crippen molar-refractivity contribution >= 4 is 53.6 Å². The number of rotatable bonds is 30. The summed E-state index contributed by atoms with van der Waals surface area (Å²) < 4.78 is 33.2. The molecule has 0 aromatic rings. The second kappa shape index (κ2) is 28.7. The molecule has 0 unspecified atom stereocenters. The van der Waals surface area contributed by atoms with Crippen molar-refractivity contribution in [2.75, 3.05) is 0 Å². The Labute approximate surface area is 445 Å². The average Bonchev–Trinajstić information content (AvgIpc) is 3.17. The number of carbonyl (C=O) groups is 9. The SMILES string of the molecule is CC(C)(C)OC(=O)CCC(CCC(=O)OC(C)(C)C)(CCC(=O)OC(C)(C)C)NC(=O)CCC(CCC(=O)O)(CCC(=O)NC(CCC(=O)OC(C)(C)C)(CCC(=O)OC(C)(C)C)CCC(=O)OC(C)(C)C)[N+](=O)[O-]. The highest BCUT2D eigenvalue weighted by atomic mass is 16.6. The predicted molar refractivity (Wildman–Crippen MR) is 277 cm³/mol. The van der Waals surface area contributed by atoms with Gasteiger partial charge in [0, 0.05) is 86.6 Å². The third-order valence-electron chi connectivity index (χ3n) is 11.0. The van der Waals surface area contributed by atoms with E-state index < -0.39 is 147 Å². The Morgan fingerprint density at radius 3 is 0.693 bits per heavy atom. The average molecular weight is 1070 g/mol. The van der Waals surface area contributed by atoms with Crippen molar-refractivity contribution in [3.8, 4) is 0 Å². The van der Waals surface area contributed by atoms with Crippen LogP contribution in [-0.4, -0.2) is 114 Å². The molecule has 0 radical (unpaired) electrons. The lowest BCUT2D eigenvalue weighted by Gasteiger charge is -2.36. The molecule has 0 aromatic heterocycles. The van der Waals surface area contributed by atoms with E-state index in [0.29, 0.717) is 0 Å². The number of nitrogens with zero attached hydrogens (tertiary/aromatic N) is 1. The van der Waals surface area contributed by atoms with Crippen LogP contribution in [0, 0.1) is 10.1 Å². The summed E-state index contributed by atoms with van der Waals surface area (Å²) in [6, 6.07) is 0. The van der Waals surface area contributed by atoms with Crippen molar-refractivity contribution in [1.82, 2.24) is 10.6 Å². The number of amides is 2. The second-order valence-electron chi connectivity index (χ2n) is 25.6. The molecule has 0 fully saturated rings. The maximum atomic E-state index is 14.3. The summed E-state index contributed by atoms with van der Waals surface area (Å²) in [4.78, 5) is 132. The molecule has 0 rings (SSSR count). The Bertz CT molecular complexity index is 1690. The molecule has 0 atom stereocenters. The largest absolute Gasteiger partial charge is 0.481 e. The van der Waals surface area contributed by atoms with E-state index in [1.807, 2.05) is 0 Å². The van der Waals surface area contributed by atoms with Crippen molar-refractivity contribution in [2.45, 2.75) is 290 Å². The molecule has 432 valence electrons. The number of nitro groups is 1. The number of aliphatic carboxylic acids is 1. The quantitative estimate of drug-likeness (QED) is 0.0262. The summed E-state index contributed by atoms with van der Waals surface area (Å²) in [6.07, 6.45) is -6.25. The van der Waals surface area contributed by atoms with Gasteiger partial charge in [-0.05, 0) is 163 Å². The van der Waals surface area contributed by atoms with Gasteiger partial charge in [0.15, 0.2) is 0 Å². The highest BCUT2D eigenvalue weighted by molar-refractivity contribution is 5.79. The Morgan fingerprint density at radius 2 is 0.533 bits per heavy atom.